The molecule has 1 heterocycles. The maximum absolute atomic E-state index is 7.36. The molecule has 0 saturated carbocycles. The molecule has 2 aliphatic carbocycles. The van der Waals surface area contributed by atoms with E-state index >= 15 is 0 Å². The number of anilines is 5. The number of para-hydroxylation sites is 1. The molecule has 0 unspecified atom stereocenters. The number of hydrogen-bond acceptors (Lipinski definition) is 3. The number of fused-ring (bicyclic) bond motifs is 14. The van der Waals surface area contributed by atoms with Crippen LogP contribution in [0.1, 0.15) is 129 Å². The molecule has 1 spiro atoms. The molecular weight excluding hydrogens is 981 g/mol. The molecule has 0 radical (unpaired) electrons. The summed E-state index contributed by atoms with van der Waals surface area (Å²) in [5.74, 6) is 0. The van der Waals surface area contributed by atoms with Crippen molar-refractivity contribution in [3.8, 4) is 33.4 Å². The second-order valence-electron chi connectivity index (χ2n) is 26.7. The summed E-state index contributed by atoms with van der Waals surface area (Å²) in [6.07, 6.45) is 6.62. The van der Waals surface area contributed by atoms with Crippen LogP contribution in [0.15, 0.2) is 235 Å². The third-order valence-electron chi connectivity index (χ3n) is 17.3. The van der Waals surface area contributed by atoms with Crippen molar-refractivity contribution in [3.05, 3.63) is 269 Å². The fourth-order valence-corrected chi connectivity index (χ4v) is 12.6. The van der Waals surface area contributed by atoms with Crippen molar-refractivity contribution < 1.29 is 4.42 Å². The van der Waals surface area contributed by atoms with Crippen LogP contribution in [0, 0.1) is 5.41 Å². The molecule has 0 aliphatic heterocycles. The normalized spacial score (nSPS) is 13.9. The first kappa shape index (κ1) is 53.3. The predicted molar refractivity (Wildman–Crippen MR) is 346 cm³/mol. The highest BCUT2D eigenvalue weighted by Gasteiger charge is 2.53. The Morgan fingerprint density at radius 2 is 0.963 bits per heavy atom. The highest BCUT2D eigenvalue weighted by atomic mass is 16.3. The zero-order chi connectivity index (χ0) is 57.0. The van der Waals surface area contributed by atoms with Crippen LogP contribution in [0.5, 0.6) is 0 Å². The average Bonchev–Trinajstić information content (AvgIpc) is 1.67. The molecule has 0 saturated heterocycles. The maximum atomic E-state index is 7.36. The minimum atomic E-state index is -0.690. The lowest BCUT2D eigenvalue weighted by Gasteiger charge is -2.33. The Labute approximate surface area is 481 Å². The number of allylic oxidation sites excluding steroid dienone is 4. The van der Waals surface area contributed by atoms with E-state index in [1.54, 1.807) is 0 Å². The van der Waals surface area contributed by atoms with Gasteiger partial charge in [-0.2, -0.15) is 0 Å². The molecule has 10 aromatic rings. The van der Waals surface area contributed by atoms with Gasteiger partial charge in [0.25, 0.3) is 0 Å². The predicted octanol–water partition coefficient (Wildman–Crippen LogP) is 22.2. The average molecular weight is 1060 g/mol. The topological polar surface area (TPSA) is 19.6 Å². The summed E-state index contributed by atoms with van der Waals surface area (Å²) in [5.41, 5.74) is 24.6. The van der Waals surface area contributed by atoms with E-state index in [1.807, 2.05) is 0 Å². The molecule has 0 amide bonds. The molecule has 0 fully saturated rings. The molecule has 0 bridgehead atoms. The minimum Gasteiger partial charge on any atom is -0.455 e. The fourth-order valence-electron chi connectivity index (χ4n) is 12.6. The van der Waals surface area contributed by atoms with Crippen LogP contribution < -0.4 is 9.80 Å². The quantitative estimate of drug-likeness (QED) is 0.134. The van der Waals surface area contributed by atoms with Crippen molar-refractivity contribution in [2.45, 2.75) is 112 Å². The number of hydrogen-bond donors (Lipinski definition) is 0. The lowest BCUT2D eigenvalue weighted by atomic mass is 9.70. The Bertz CT molecular complexity index is 4050. The third-order valence-corrected chi connectivity index (χ3v) is 17.3. The van der Waals surface area contributed by atoms with E-state index in [1.165, 1.54) is 55.6 Å². The third kappa shape index (κ3) is 8.97. The summed E-state index contributed by atoms with van der Waals surface area (Å²) in [5, 5.41) is 2.21. The van der Waals surface area contributed by atoms with Crippen LogP contribution in [0.25, 0.3) is 55.3 Å². The molecule has 0 atom stereocenters. The molecule has 12 rings (SSSR count). The van der Waals surface area contributed by atoms with Gasteiger partial charge in [-0.25, -0.2) is 0 Å². The first-order chi connectivity index (χ1) is 38.6. The molecule has 3 heteroatoms. The molecule has 0 N–H and O–H groups in total. The number of benzene rings is 9. The SMILES string of the molecule is C=C(/C=C\C(=C/C)N(c1ccc(C(C)(C)C)cc1)c1cccc(-c2cc3c(c4oc5ccccc5c24)-c2ccc(N(c4ccc(C(C)(C)C)cc4)c4ccc(C(C)(C)C)cc4)cc2C32c3ccccc3-c3ccccc32)c1)C(C)(C)C. The lowest BCUT2D eigenvalue weighted by molar-refractivity contribution is 0.519. The second kappa shape index (κ2) is 19.4. The Hall–Kier alpha value is -8.40. The van der Waals surface area contributed by atoms with Crippen LogP contribution in [0.3, 0.4) is 0 Å². The number of rotatable bonds is 9. The van der Waals surface area contributed by atoms with E-state index in [2.05, 4.69) is 319 Å². The molecule has 404 valence electrons. The summed E-state index contributed by atoms with van der Waals surface area (Å²) in [6.45, 7) is 33.8. The Kier molecular flexibility index (Phi) is 12.8. The van der Waals surface area contributed by atoms with Crippen LogP contribution in [-0.2, 0) is 21.7 Å². The van der Waals surface area contributed by atoms with E-state index < -0.39 is 5.41 Å². The maximum Gasteiger partial charge on any atom is 0.144 e. The van der Waals surface area contributed by atoms with E-state index in [0.29, 0.717) is 0 Å². The first-order valence-electron chi connectivity index (χ1n) is 29.0. The zero-order valence-electron chi connectivity index (χ0n) is 49.7. The molecule has 3 nitrogen and oxygen atoms in total. The minimum absolute atomic E-state index is 0.0123. The highest BCUT2D eigenvalue weighted by Crippen LogP contribution is 2.66. The summed E-state index contributed by atoms with van der Waals surface area (Å²) in [7, 11) is 0. The van der Waals surface area contributed by atoms with Gasteiger partial charge in [0.2, 0.25) is 0 Å². The van der Waals surface area contributed by atoms with Gasteiger partial charge in [-0.15, -0.1) is 0 Å². The van der Waals surface area contributed by atoms with Crippen molar-refractivity contribution in [2.75, 3.05) is 9.80 Å². The van der Waals surface area contributed by atoms with Crippen molar-refractivity contribution in [3.63, 3.8) is 0 Å². The van der Waals surface area contributed by atoms with Crippen molar-refractivity contribution >= 4 is 50.4 Å². The summed E-state index contributed by atoms with van der Waals surface area (Å²) in [6, 6.07) is 73.3. The van der Waals surface area contributed by atoms with E-state index in [-0.39, 0.29) is 21.7 Å². The lowest BCUT2D eigenvalue weighted by Crippen LogP contribution is -2.26. The molecule has 9 aromatic carbocycles. The highest BCUT2D eigenvalue weighted by molar-refractivity contribution is 6.19. The van der Waals surface area contributed by atoms with Crippen LogP contribution in [-0.4, -0.2) is 0 Å². The molecular formula is C78H76N2O. The van der Waals surface area contributed by atoms with Gasteiger partial charge in [-0.05, 0) is 180 Å². The summed E-state index contributed by atoms with van der Waals surface area (Å²) >= 11 is 0. The van der Waals surface area contributed by atoms with Gasteiger partial charge in [0.1, 0.15) is 11.2 Å². The van der Waals surface area contributed by atoms with Gasteiger partial charge < -0.3 is 14.2 Å². The van der Waals surface area contributed by atoms with E-state index in [0.717, 1.165) is 78.3 Å². The molecule has 1 aromatic heterocycles. The van der Waals surface area contributed by atoms with Crippen LogP contribution in [0.4, 0.5) is 28.4 Å². The zero-order valence-corrected chi connectivity index (χ0v) is 49.7. The Morgan fingerprint density at radius 1 is 0.444 bits per heavy atom. The number of furan rings is 1. The van der Waals surface area contributed by atoms with Crippen LogP contribution in [0.2, 0.25) is 0 Å². The number of nitrogens with zero attached hydrogens (tertiary/aromatic N) is 2. The Morgan fingerprint density at radius 3 is 1.51 bits per heavy atom. The fraction of sp³-hybridized carbons (Fsp3) is 0.231. The van der Waals surface area contributed by atoms with Crippen molar-refractivity contribution in [1.29, 1.82) is 0 Å². The van der Waals surface area contributed by atoms with E-state index in [9.17, 15) is 0 Å². The van der Waals surface area contributed by atoms with Gasteiger partial charge in [0.05, 0.1) is 5.41 Å². The second-order valence-corrected chi connectivity index (χ2v) is 26.7. The van der Waals surface area contributed by atoms with Crippen molar-refractivity contribution in [1.82, 2.24) is 0 Å². The first-order valence-corrected chi connectivity index (χ1v) is 29.0. The standard InChI is InChI=1S/C78H76N2O/c1-15-55(38-31-50(2)74(3,4)5)79(56-39-32-52(33-40-56)75(6,7)8)59-24-22-23-51(47-59)65-49-69-72(73-71(65)64-27-18-21-30-70(64)81-73)63-46-45-60(48-68(63)78(69)66-28-19-16-25-61(66)62-26-17-20-29-67(62)78)80(57-41-34-53(35-42-57)76(9,10)11)58-43-36-54(37-44-58)77(12,13)14/h15-49H,2H2,1,3-14H3/b38-31-,55-15+. The van der Waals surface area contributed by atoms with E-state index in [4.69, 9.17) is 4.42 Å². The van der Waals surface area contributed by atoms with Gasteiger partial charge in [-0.3, -0.25) is 0 Å². The molecule has 81 heavy (non-hydrogen) atoms. The van der Waals surface area contributed by atoms with Gasteiger partial charge >= 0.3 is 0 Å². The molecule has 2 aliphatic rings. The van der Waals surface area contributed by atoms with Crippen LogP contribution >= 0.6 is 0 Å². The van der Waals surface area contributed by atoms with Gasteiger partial charge in [0.15, 0.2) is 0 Å². The van der Waals surface area contributed by atoms with Crippen molar-refractivity contribution in [2.24, 2.45) is 5.41 Å². The van der Waals surface area contributed by atoms with Gasteiger partial charge in [-0.1, -0.05) is 223 Å². The summed E-state index contributed by atoms with van der Waals surface area (Å²) in [4.78, 5) is 4.84. The summed E-state index contributed by atoms with van der Waals surface area (Å²) < 4.78 is 7.36. The monoisotopic (exact) mass is 1060 g/mol. The Balaban J connectivity index is 1.12. The largest absolute Gasteiger partial charge is 0.455 e. The van der Waals surface area contributed by atoms with Gasteiger partial charge in [0, 0.05) is 50.5 Å². The smallest absolute Gasteiger partial charge is 0.144 e.